The fourth-order valence-electron chi connectivity index (χ4n) is 1.46. The number of rotatable bonds is 3. The van der Waals surface area contributed by atoms with Gasteiger partial charge in [0.05, 0.1) is 11.9 Å². The monoisotopic (exact) mass is 248 g/mol. The molecule has 0 atom stereocenters. The molecule has 0 aliphatic carbocycles. The molecule has 0 radical (unpaired) electrons. The van der Waals surface area contributed by atoms with Crippen LogP contribution in [0.4, 0.5) is 14.9 Å². The maximum atomic E-state index is 13.4. The zero-order valence-corrected chi connectivity index (χ0v) is 9.83. The number of nitrogens with one attached hydrogen (secondary N) is 3. The third kappa shape index (κ3) is 3.07. The smallest absolute Gasteiger partial charge is 0.319 e. The van der Waals surface area contributed by atoms with Gasteiger partial charge in [0.1, 0.15) is 5.82 Å². The predicted molar refractivity (Wildman–Crippen MR) is 65.6 cm³/mol. The Labute approximate surface area is 103 Å². The van der Waals surface area contributed by atoms with Crippen LogP contribution in [-0.2, 0) is 6.54 Å². The van der Waals surface area contributed by atoms with Crippen LogP contribution in [0.3, 0.4) is 0 Å². The van der Waals surface area contributed by atoms with Gasteiger partial charge in [0.15, 0.2) is 0 Å². The molecule has 1 aromatic carbocycles. The van der Waals surface area contributed by atoms with Gasteiger partial charge in [-0.3, -0.25) is 5.10 Å². The number of anilines is 1. The standard InChI is InChI=1S/C12H13FN4O/c1-8-2-3-10(13)11(4-8)17-12(18)14-5-9-6-15-16-7-9/h2-4,6-7H,5H2,1H3,(H,15,16)(H2,14,17,18). The van der Waals surface area contributed by atoms with Gasteiger partial charge in [-0.15, -0.1) is 0 Å². The van der Waals surface area contributed by atoms with Crippen LogP contribution >= 0.6 is 0 Å². The third-order valence-corrected chi connectivity index (χ3v) is 2.38. The van der Waals surface area contributed by atoms with Crippen molar-refractivity contribution >= 4 is 11.7 Å². The van der Waals surface area contributed by atoms with Gasteiger partial charge < -0.3 is 10.6 Å². The highest BCUT2D eigenvalue weighted by molar-refractivity contribution is 5.89. The van der Waals surface area contributed by atoms with Gasteiger partial charge in [-0.05, 0) is 24.6 Å². The van der Waals surface area contributed by atoms with Crippen molar-refractivity contribution in [2.24, 2.45) is 0 Å². The lowest BCUT2D eigenvalue weighted by Crippen LogP contribution is -2.28. The molecule has 5 nitrogen and oxygen atoms in total. The minimum Gasteiger partial charge on any atom is -0.334 e. The summed E-state index contributed by atoms with van der Waals surface area (Å²) in [5.74, 6) is -0.459. The van der Waals surface area contributed by atoms with E-state index in [2.05, 4.69) is 20.8 Å². The number of H-pyrrole nitrogens is 1. The summed E-state index contributed by atoms with van der Waals surface area (Å²) < 4.78 is 13.4. The molecule has 2 rings (SSSR count). The van der Waals surface area contributed by atoms with Crippen LogP contribution in [0.2, 0.25) is 0 Å². The van der Waals surface area contributed by atoms with Gasteiger partial charge in [0, 0.05) is 18.3 Å². The van der Waals surface area contributed by atoms with E-state index in [1.54, 1.807) is 24.5 Å². The summed E-state index contributed by atoms with van der Waals surface area (Å²) in [6.45, 7) is 2.16. The summed E-state index contributed by atoms with van der Waals surface area (Å²) in [6.07, 6.45) is 3.28. The molecular formula is C12H13FN4O. The van der Waals surface area contributed by atoms with E-state index in [1.165, 1.54) is 6.07 Å². The van der Waals surface area contributed by atoms with E-state index in [1.807, 2.05) is 6.92 Å². The Bertz CT molecular complexity index is 539. The molecule has 3 N–H and O–H groups in total. The van der Waals surface area contributed by atoms with E-state index < -0.39 is 11.8 Å². The van der Waals surface area contributed by atoms with Gasteiger partial charge in [-0.1, -0.05) is 6.07 Å². The normalized spacial score (nSPS) is 10.1. The largest absolute Gasteiger partial charge is 0.334 e. The van der Waals surface area contributed by atoms with Crippen LogP contribution in [0.15, 0.2) is 30.6 Å². The average Bonchev–Trinajstić information content (AvgIpc) is 2.84. The van der Waals surface area contributed by atoms with E-state index in [9.17, 15) is 9.18 Å². The maximum absolute atomic E-state index is 13.4. The lowest BCUT2D eigenvalue weighted by molar-refractivity contribution is 0.251. The van der Waals surface area contributed by atoms with Crippen molar-refractivity contribution in [2.45, 2.75) is 13.5 Å². The van der Waals surface area contributed by atoms with Crippen molar-refractivity contribution in [1.82, 2.24) is 15.5 Å². The summed E-state index contributed by atoms with van der Waals surface area (Å²) in [5.41, 5.74) is 1.89. The topological polar surface area (TPSA) is 69.8 Å². The SMILES string of the molecule is Cc1ccc(F)c(NC(=O)NCc2cn[nH]c2)c1. The molecule has 94 valence electrons. The molecule has 1 heterocycles. The predicted octanol–water partition coefficient (Wildman–Crippen LogP) is 2.18. The maximum Gasteiger partial charge on any atom is 0.319 e. The van der Waals surface area contributed by atoms with Crippen molar-refractivity contribution in [3.63, 3.8) is 0 Å². The summed E-state index contributed by atoms with van der Waals surface area (Å²) in [6, 6.07) is 4.08. The molecule has 0 aliphatic rings. The summed E-state index contributed by atoms with van der Waals surface area (Å²) >= 11 is 0. The van der Waals surface area contributed by atoms with Crippen LogP contribution in [-0.4, -0.2) is 16.2 Å². The number of carbonyl (C=O) groups excluding carboxylic acids is 1. The van der Waals surface area contributed by atoms with Crippen LogP contribution < -0.4 is 10.6 Å². The summed E-state index contributed by atoms with van der Waals surface area (Å²) in [5, 5.41) is 11.5. The Hall–Kier alpha value is -2.37. The highest BCUT2D eigenvalue weighted by atomic mass is 19.1. The van der Waals surface area contributed by atoms with Gasteiger partial charge in [0.2, 0.25) is 0 Å². The highest BCUT2D eigenvalue weighted by Gasteiger charge is 2.06. The number of aromatic amines is 1. The van der Waals surface area contributed by atoms with Crippen molar-refractivity contribution in [3.05, 3.63) is 47.5 Å². The number of aryl methyl sites for hydroxylation is 1. The first-order chi connectivity index (χ1) is 8.65. The van der Waals surface area contributed by atoms with Gasteiger partial charge in [-0.2, -0.15) is 5.10 Å². The molecule has 0 aliphatic heterocycles. The fraction of sp³-hybridized carbons (Fsp3) is 0.167. The Balaban J connectivity index is 1.92. The first kappa shape index (κ1) is 12.1. The van der Waals surface area contributed by atoms with E-state index in [0.29, 0.717) is 6.54 Å². The molecular weight excluding hydrogens is 235 g/mol. The number of nitrogens with zero attached hydrogens (tertiary/aromatic N) is 1. The van der Waals surface area contributed by atoms with E-state index in [-0.39, 0.29) is 5.69 Å². The van der Waals surface area contributed by atoms with Gasteiger partial charge in [-0.25, -0.2) is 9.18 Å². The lowest BCUT2D eigenvalue weighted by atomic mass is 10.2. The first-order valence-corrected chi connectivity index (χ1v) is 5.44. The zero-order chi connectivity index (χ0) is 13.0. The second-order valence-corrected chi connectivity index (χ2v) is 3.90. The van der Waals surface area contributed by atoms with Crippen LogP contribution in [0, 0.1) is 12.7 Å². The minimum absolute atomic E-state index is 0.166. The third-order valence-electron chi connectivity index (χ3n) is 2.38. The number of carbonyl (C=O) groups is 1. The number of halogens is 1. The molecule has 1 aromatic heterocycles. The lowest BCUT2D eigenvalue weighted by Gasteiger charge is -2.08. The Kier molecular flexibility index (Phi) is 3.57. The van der Waals surface area contributed by atoms with Crippen LogP contribution in [0.5, 0.6) is 0 Å². The van der Waals surface area contributed by atoms with Crippen molar-refractivity contribution in [2.75, 3.05) is 5.32 Å². The number of hydrogen-bond acceptors (Lipinski definition) is 2. The fourth-order valence-corrected chi connectivity index (χ4v) is 1.46. The number of aromatic nitrogens is 2. The Morgan fingerprint density at radius 2 is 2.33 bits per heavy atom. The molecule has 0 saturated carbocycles. The van der Waals surface area contributed by atoms with Gasteiger partial charge >= 0.3 is 6.03 Å². The second-order valence-electron chi connectivity index (χ2n) is 3.90. The highest BCUT2D eigenvalue weighted by Crippen LogP contribution is 2.15. The molecule has 0 fully saturated rings. The number of hydrogen-bond donors (Lipinski definition) is 3. The zero-order valence-electron chi connectivity index (χ0n) is 9.83. The van der Waals surface area contributed by atoms with Crippen LogP contribution in [0.25, 0.3) is 0 Å². The van der Waals surface area contributed by atoms with Crippen molar-refractivity contribution in [1.29, 1.82) is 0 Å². The van der Waals surface area contributed by atoms with Crippen molar-refractivity contribution < 1.29 is 9.18 Å². The number of amides is 2. The second kappa shape index (κ2) is 5.31. The summed E-state index contributed by atoms with van der Waals surface area (Å²) in [4.78, 5) is 11.6. The Morgan fingerprint density at radius 3 is 3.06 bits per heavy atom. The van der Waals surface area contributed by atoms with Crippen LogP contribution in [0.1, 0.15) is 11.1 Å². The first-order valence-electron chi connectivity index (χ1n) is 5.44. The number of urea groups is 1. The minimum atomic E-state index is -0.459. The molecule has 0 unspecified atom stereocenters. The van der Waals surface area contributed by atoms with E-state index >= 15 is 0 Å². The Morgan fingerprint density at radius 1 is 1.50 bits per heavy atom. The molecule has 6 heteroatoms. The molecule has 0 spiro atoms. The van der Waals surface area contributed by atoms with Gasteiger partial charge in [0.25, 0.3) is 0 Å². The summed E-state index contributed by atoms with van der Waals surface area (Å²) in [7, 11) is 0. The molecule has 18 heavy (non-hydrogen) atoms. The van der Waals surface area contributed by atoms with Crippen molar-refractivity contribution in [3.8, 4) is 0 Å². The van der Waals surface area contributed by atoms with E-state index in [0.717, 1.165) is 11.1 Å². The molecule has 2 aromatic rings. The molecule has 0 saturated heterocycles. The quantitative estimate of drug-likeness (QED) is 0.779. The molecule has 2 amide bonds. The number of benzene rings is 1. The molecule has 0 bridgehead atoms. The average molecular weight is 248 g/mol. The van der Waals surface area contributed by atoms with E-state index in [4.69, 9.17) is 0 Å².